The van der Waals surface area contributed by atoms with E-state index < -0.39 is 0 Å². The zero-order valence-corrected chi connectivity index (χ0v) is 12.5. The van der Waals surface area contributed by atoms with Crippen molar-refractivity contribution in [1.29, 1.82) is 0 Å². The van der Waals surface area contributed by atoms with Gasteiger partial charge in [0.05, 0.1) is 0 Å². The van der Waals surface area contributed by atoms with E-state index in [1.54, 1.807) is 0 Å². The summed E-state index contributed by atoms with van der Waals surface area (Å²) in [6.45, 7) is 2.45. The lowest BCUT2D eigenvalue weighted by molar-refractivity contribution is -0.116. The molecule has 4 nitrogen and oxygen atoms in total. The van der Waals surface area contributed by atoms with Gasteiger partial charge in [-0.05, 0) is 42.7 Å². The Morgan fingerprint density at radius 2 is 2.05 bits per heavy atom. The van der Waals surface area contributed by atoms with Crippen molar-refractivity contribution >= 4 is 17.5 Å². The predicted molar refractivity (Wildman–Crippen MR) is 85.7 cm³/mol. The molecule has 3 rings (SSSR count). The molecule has 0 aliphatic carbocycles. The van der Waals surface area contributed by atoms with Crippen molar-refractivity contribution in [1.82, 2.24) is 5.32 Å². The molecular formula is C18H18N2O2. The van der Waals surface area contributed by atoms with Crippen LogP contribution in [0.25, 0.3) is 0 Å². The number of benzene rings is 2. The Bertz CT molecular complexity index is 738. The van der Waals surface area contributed by atoms with Crippen LogP contribution in [0.5, 0.6) is 0 Å². The molecule has 2 aromatic carbocycles. The standard InChI is InChI=1S/C18H18N2O2/c1-12-3-2-4-15(9-12)18(22)19-11-13-5-7-16-14(10-13)6-8-17(21)20-16/h2-5,7,9-10H,6,8,11H2,1H3,(H,19,22)(H,20,21). The number of hydrogen-bond donors (Lipinski definition) is 2. The SMILES string of the molecule is Cc1cccc(C(=O)NCc2ccc3c(c2)CCC(=O)N3)c1. The van der Waals surface area contributed by atoms with Gasteiger partial charge in [0.25, 0.3) is 5.91 Å². The Hall–Kier alpha value is -2.62. The van der Waals surface area contributed by atoms with Gasteiger partial charge in [-0.25, -0.2) is 0 Å². The molecule has 0 saturated carbocycles. The molecule has 1 aliphatic rings. The van der Waals surface area contributed by atoms with Gasteiger partial charge in [0, 0.05) is 24.2 Å². The molecule has 22 heavy (non-hydrogen) atoms. The van der Waals surface area contributed by atoms with Crippen molar-refractivity contribution in [3.8, 4) is 0 Å². The van der Waals surface area contributed by atoms with Crippen LogP contribution in [0.1, 0.15) is 33.5 Å². The number of anilines is 1. The lowest BCUT2D eigenvalue weighted by Crippen LogP contribution is -2.23. The molecule has 0 spiro atoms. The highest BCUT2D eigenvalue weighted by molar-refractivity contribution is 5.95. The molecule has 1 aliphatic heterocycles. The monoisotopic (exact) mass is 294 g/mol. The quantitative estimate of drug-likeness (QED) is 0.914. The molecule has 1 heterocycles. The minimum absolute atomic E-state index is 0.0630. The van der Waals surface area contributed by atoms with Gasteiger partial charge in [0.15, 0.2) is 0 Å². The van der Waals surface area contributed by atoms with E-state index in [0.29, 0.717) is 18.5 Å². The van der Waals surface area contributed by atoms with Gasteiger partial charge < -0.3 is 10.6 Å². The molecule has 0 bridgehead atoms. The van der Waals surface area contributed by atoms with Crippen molar-refractivity contribution in [2.45, 2.75) is 26.3 Å². The molecule has 0 saturated heterocycles. The zero-order chi connectivity index (χ0) is 15.5. The number of carbonyl (C=O) groups excluding carboxylic acids is 2. The van der Waals surface area contributed by atoms with Crippen LogP contribution in [0.4, 0.5) is 5.69 Å². The first-order chi connectivity index (χ1) is 10.6. The van der Waals surface area contributed by atoms with E-state index in [4.69, 9.17) is 0 Å². The fourth-order valence-electron chi connectivity index (χ4n) is 2.62. The van der Waals surface area contributed by atoms with Crippen LogP contribution in [0, 0.1) is 6.92 Å². The number of rotatable bonds is 3. The zero-order valence-electron chi connectivity index (χ0n) is 12.5. The van der Waals surface area contributed by atoms with E-state index in [1.165, 1.54) is 0 Å². The number of hydrogen-bond acceptors (Lipinski definition) is 2. The van der Waals surface area contributed by atoms with Crippen molar-refractivity contribution in [2.24, 2.45) is 0 Å². The fraction of sp³-hybridized carbons (Fsp3) is 0.222. The lowest BCUT2D eigenvalue weighted by Gasteiger charge is -2.17. The highest BCUT2D eigenvalue weighted by atomic mass is 16.2. The van der Waals surface area contributed by atoms with Crippen molar-refractivity contribution in [3.63, 3.8) is 0 Å². The van der Waals surface area contributed by atoms with E-state index in [-0.39, 0.29) is 11.8 Å². The number of carbonyl (C=O) groups is 2. The Balaban J connectivity index is 1.67. The van der Waals surface area contributed by atoms with Gasteiger partial charge in [-0.15, -0.1) is 0 Å². The molecular weight excluding hydrogens is 276 g/mol. The van der Waals surface area contributed by atoms with Crippen molar-refractivity contribution in [2.75, 3.05) is 5.32 Å². The first-order valence-electron chi connectivity index (χ1n) is 7.38. The van der Waals surface area contributed by atoms with E-state index in [2.05, 4.69) is 10.6 Å². The Morgan fingerprint density at radius 3 is 2.86 bits per heavy atom. The summed E-state index contributed by atoms with van der Waals surface area (Å²) in [6.07, 6.45) is 1.27. The molecule has 0 atom stereocenters. The van der Waals surface area contributed by atoms with Crippen LogP contribution in [0.3, 0.4) is 0 Å². The number of amides is 2. The Labute approximate surface area is 129 Å². The third-order valence-electron chi connectivity index (χ3n) is 3.80. The van der Waals surface area contributed by atoms with Gasteiger partial charge in [0.1, 0.15) is 0 Å². The van der Waals surface area contributed by atoms with Crippen LogP contribution < -0.4 is 10.6 Å². The van der Waals surface area contributed by atoms with Gasteiger partial charge in [-0.1, -0.05) is 29.8 Å². The number of fused-ring (bicyclic) bond motifs is 1. The molecule has 0 radical (unpaired) electrons. The molecule has 0 fully saturated rings. The first-order valence-corrected chi connectivity index (χ1v) is 7.38. The van der Waals surface area contributed by atoms with Crippen LogP contribution in [-0.2, 0) is 17.8 Å². The average Bonchev–Trinajstić information content (AvgIpc) is 2.52. The highest BCUT2D eigenvalue weighted by Gasteiger charge is 2.14. The minimum Gasteiger partial charge on any atom is -0.348 e. The maximum absolute atomic E-state index is 12.1. The summed E-state index contributed by atoms with van der Waals surface area (Å²) >= 11 is 0. The largest absolute Gasteiger partial charge is 0.348 e. The third-order valence-corrected chi connectivity index (χ3v) is 3.80. The molecule has 2 amide bonds. The van der Waals surface area contributed by atoms with E-state index in [0.717, 1.165) is 28.8 Å². The molecule has 2 N–H and O–H groups in total. The van der Waals surface area contributed by atoms with Gasteiger partial charge in [-0.2, -0.15) is 0 Å². The van der Waals surface area contributed by atoms with Crippen molar-refractivity contribution < 1.29 is 9.59 Å². The summed E-state index contributed by atoms with van der Waals surface area (Å²) in [7, 11) is 0. The van der Waals surface area contributed by atoms with Gasteiger partial charge >= 0.3 is 0 Å². The van der Waals surface area contributed by atoms with Gasteiger partial charge in [0.2, 0.25) is 5.91 Å². The van der Waals surface area contributed by atoms with Gasteiger partial charge in [-0.3, -0.25) is 9.59 Å². The number of aryl methyl sites for hydroxylation is 2. The molecule has 0 unspecified atom stereocenters. The number of nitrogens with one attached hydrogen (secondary N) is 2. The Morgan fingerprint density at radius 1 is 1.18 bits per heavy atom. The van der Waals surface area contributed by atoms with E-state index in [9.17, 15) is 9.59 Å². The Kier molecular flexibility index (Phi) is 3.92. The average molecular weight is 294 g/mol. The topological polar surface area (TPSA) is 58.2 Å². The first kappa shape index (κ1) is 14.3. The lowest BCUT2D eigenvalue weighted by atomic mass is 10.0. The smallest absolute Gasteiger partial charge is 0.251 e. The van der Waals surface area contributed by atoms with E-state index >= 15 is 0 Å². The van der Waals surface area contributed by atoms with E-state index in [1.807, 2.05) is 49.4 Å². The van der Waals surface area contributed by atoms with Crippen LogP contribution in [0.2, 0.25) is 0 Å². The summed E-state index contributed by atoms with van der Waals surface area (Å²) in [5.41, 5.74) is 4.78. The second-order valence-corrected chi connectivity index (χ2v) is 5.59. The predicted octanol–water partition coefficient (Wildman–Crippen LogP) is 2.81. The normalized spacial score (nSPS) is 13.2. The second kappa shape index (κ2) is 6.02. The fourth-order valence-corrected chi connectivity index (χ4v) is 2.62. The molecule has 2 aromatic rings. The molecule has 112 valence electrons. The minimum atomic E-state index is -0.0743. The highest BCUT2D eigenvalue weighted by Crippen LogP contribution is 2.23. The summed E-state index contributed by atoms with van der Waals surface area (Å²) in [6, 6.07) is 13.4. The van der Waals surface area contributed by atoms with Crippen LogP contribution in [-0.4, -0.2) is 11.8 Å². The molecule has 0 aromatic heterocycles. The summed E-state index contributed by atoms with van der Waals surface area (Å²) < 4.78 is 0. The maximum Gasteiger partial charge on any atom is 0.251 e. The molecule has 4 heteroatoms. The van der Waals surface area contributed by atoms with Crippen molar-refractivity contribution in [3.05, 3.63) is 64.7 Å². The maximum atomic E-state index is 12.1. The summed E-state index contributed by atoms with van der Waals surface area (Å²) in [5.74, 6) is -0.0114. The summed E-state index contributed by atoms with van der Waals surface area (Å²) in [5, 5.41) is 5.79. The van der Waals surface area contributed by atoms with Crippen LogP contribution >= 0.6 is 0 Å². The van der Waals surface area contributed by atoms with Crippen LogP contribution in [0.15, 0.2) is 42.5 Å². The summed E-state index contributed by atoms with van der Waals surface area (Å²) in [4.78, 5) is 23.5. The third kappa shape index (κ3) is 3.17. The second-order valence-electron chi connectivity index (χ2n) is 5.59.